The average molecular weight is 285 g/mol. The van der Waals surface area contributed by atoms with Crippen LogP contribution in [0.3, 0.4) is 0 Å². The third kappa shape index (κ3) is 2.22. The molecule has 21 heavy (non-hydrogen) atoms. The minimum atomic E-state index is 0.145. The van der Waals surface area contributed by atoms with E-state index in [1.54, 1.807) is 6.92 Å². The number of hydrogen-bond acceptors (Lipinski definition) is 3. The number of amides is 1. The Morgan fingerprint density at radius 1 is 1.24 bits per heavy atom. The van der Waals surface area contributed by atoms with Gasteiger partial charge in [-0.1, -0.05) is 0 Å². The van der Waals surface area contributed by atoms with Gasteiger partial charge in [0.05, 0.1) is 0 Å². The van der Waals surface area contributed by atoms with E-state index in [-0.39, 0.29) is 5.91 Å². The van der Waals surface area contributed by atoms with E-state index in [4.69, 9.17) is 0 Å². The van der Waals surface area contributed by atoms with E-state index in [9.17, 15) is 4.79 Å². The predicted octanol–water partition coefficient (Wildman–Crippen LogP) is 2.24. The molecule has 0 saturated carbocycles. The molecule has 3 heterocycles. The van der Waals surface area contributed by atoms with E-state index in [1.807, 2.05) is 4.90 Å². The average Bonchev–Trinajstić information content (AvgIpc) is 3.14. The number of hydrogen-bond donors (Lipinski definition) is 1. The summed E-state index contributed by atoms with van der Waals surface area (Å²) >= 11 is 0. The maximum absolute atomic E-state index is 11.6. The van der Waals surface area contributed by atoms with Crippen molar-refractivity contribution in [2.24, 2.45) is 0 Å². The second-order valence-corrected chi connectivity index (χ2v) is 6.55. The molecule has 0 spiro atoms. The highest BCUT2D eigenvalue weighted by Crippen LogP contribution is 2.33. The highest BCUT2D eigenvalue weighted by Gasteiger charge is 2.37. The van der Waals surface area contributed by atoms with Crippen LogP contribution in [0.15, 0.2) is 18.2 Å². The largest absolute Gasteiger partial charge is 0.381 e. The highest BCUT2D eigenvalue weighted by atomic mass is 16.2. The lowest BCUT2D eigenvalue weighted by Crippen LogP contribution is -2.33. The van der Waals surface area contributed by atoms with E-state index < -0.39 is 0 Å². The van der Waals surface area contributed by atoms with Crippen LogP contribution < -0.4 is 10.2 Å². The van der Waals surface area contributed by atoms with Crippen molar-refractivity contribution < 1.29 is 4.79 Å². The molecule has 3 aliphatic heterocycles. The van der Waals surface area contributed by atoms with Crippen molar-refractivity contribution in [1.82, 2.24) is 4.90 Å². The van der Waals surface area contributed by atoms with Gasteiger partial charge in [-0.2, -0.15) is 0 Å². The second kappa shape index (κ2) is 5.02. The molecule has 0 bridgehead atoms. The first kappa shape index (κ1) is 13.1. The number of nitrogens with one attached hydrogen (secondary N) is 1. The minimum Gasteiger partial charge on any atom is -0.381 e. The second-order valence-electron chi connectivity index (χ2n) is 6.55. The molecular formula is C17H23N3O. The van der Waals surface area contributed by atoms with Gasteiger partial charge < -0.3 is 10.2 Å². The first-order chi connectivity index (χ1) is 10.2. The molecule has 2 unspecified atom stereocenters. The van der Waals surface area contributed by atoms with Gasteiger partial charge in [-0.15, -0.1) is 0 Å². The number of anilines is 2. The van der Waals surface area contributed by atoms with Gasteiger partial charge >= 0.3 is 0 Å². The van der Waals surface area contributed by atoms with Crippen LogP contribution in [-0.4, -0.2) is 42.5 Å². The van der Waals surface area contributed by atoms with E-state index in [0.717, 1.165) is 24.7 Å². The van der Waals surface area contributed by atoms with E-state index in [0.29, 0.717) is 6.04 Å². The standard InChI is InChI=1S/C17H23N3O/c1-12(21)20-10-6-13-11-14(4-5-16(13)20)18-15-7-9-19-8-2-3-17(15)19/h4-5,11,15,17-18H,2-3,6-10H2,1H3. The maximum Gasteiger partial charge on any atom is 0.223 e. The molecule has 2 atom stereocenters. The Bertz CT molecular complexity index is 571. The number of carbonyl (C=O) groups is 1. The zero-order valence-electron chi connectivity index (χ0n) is 12.6. The molecule has 1 aromatic carbocycles. The zero-order chi connectivity index (χ0) is 14.4. The summed E-state index contributed by atoms with van der Waals surface area (Å²) in [5, 5.41) is 3.74. The molecular weight excluding hydrogens is 262 g/mol. The number of nitrogens with zero attached hydrogens (tertiary/aromatic N) is 2. The molecule has 4 rings (SSSR count). The van der Waals surface area contributed by atoms with Gasteiger partial charge in [0.25, 0.3) is 0 Å². The summed E-state index contributed by atoms with van der Waals surface area (Å²) < 4.78 is 0. The monoisotopic (exact) mass is 285 g/mol. The number of rotatable bonds is 2. The highest BCUT2D eigenvalue weighted by molar-refractivity contribution is 5.94. The van der Waals surface area contributed by atoms with Crippen LogP contribution in [0.2, 0.25) is 0 Å². The SMILES string of the molecule is CC(=O)N1CCc2cc(NC3CCN4CCCC34)ccc21. The van der Waals surface area contributed by atoms with Crippen molar-refractivity contribution in [3.63, 3.8) is 0 Å². The first-order valence-corrected chi connectivity index (χ1v) is 8.14. The van der Waals surface area contributed by atoms with Gasteiger partial charge in [-0.05, 0) is 56.0 Å². The Labute approximate surface area is 126 Å². The summed E-state index contributed by atoms with van der Waals surface area (Å²) in [5.41, 5.74) is 3.62. The fourth-order valence-electron chi connectivity index (χ4n) is 4.28. The van der Waals surface area contributed by atoms with Crippen molar-refractivity contribution in [3.05, 3.63) is 23.8 Å². The third-order valence-corrected chi connectivity index (χ3v) is 5.31. The van der Waals surface area contributed by atoms with Crippen molar-refractivity contribution in [2.45, 2.75) is 44.7 Å². The fourth-order valence-corrected chi connectivity index (χ4v) is 4.28. The molecule has 1 amide bonds. The Morgan fingerprint density at radius 3 is 3.00 bits per heavy atom. The molecule has 4 nitrogen and oxygen atoms in total. The molecule has 1 aromatic rings. The summed E-state index contributed by atoms with van der Waals surface area (Å²) in [5.74, 6) is 0.145. The van der Waals surface area contributed by atoms with Crippen LogP contribution in [0.4, 0.5) is 11.4 Å². The molecule has 1 N–H and O–H groups in total. The Hall–Kier alpha value is -1.55. The van der Waals surface area contributed by atoms with Gasteiger partial charge in [-0.25, -0.2) is 0 Å². The zero-order valence-corrected chi connectivity index (χ0v) is 12.6. The minimum absolute atomic E-state index is 0.145. The Balaban J connectivity index is 1.51. The summed E-state index contributed by atoms with van der Waals surface area (Å²) in [6.45, 7) is 4.99. The van der Waals surface area contributed by atoms with E-state index in [2.05, 4.69) is 28.4 Å². The number of fused-ring (bicyclic) bond motifs is 2. The summed E-state index contributed by atoms with van der Waals surface area (Å²) in [4.78, 5) is 16.1. The number of carbonyl (C=O) groups excluding carboxylic acids is 1. The van der Waals surface area contributed by atoms with Gasteiger partial charge in [0.15, 0.2) is 0 Å². The predicted molar refractivity (Wildman–Crippen MR) is 84.8 cm³/mol. The van der Waals surface area contributed by atoms with Gasteiger partial charge in [-0.3, -0.25) is 9.69 Å². The lowest BCUT2D eigenvalue weighted by Gasteiger charge is -2.23. The lowest BCUT2D eigenvalue weighted by atomic mass is 10.1. The molecule has 0 aliphatic carbocycles. The molecule has 0 aromatic heterocycles. The Kier molecular flexibility index (Phi) is 3.14. The van der Waals surface area contributed by atoms with Crippen LogP contribution in [0.25, 0.3) is 0 Å². The molecule has 2 saturated heterocycles. The number of benzene rings is 1. The van der Waals surface area contributed by atoms with E-state index >= 15 is 0 Å². The normalized spacial score (nSPS) is 27.8. The molecule has 3 aliphatic rings. The quantitative estimate of drug-likeness (QED) is 0.905. The molecule has 2 fully saturated rings. The molecule has 4 heteroatoms. The summed E-state index contributed by atoms with van der Waals surface area (Å²) in [6, 6.07) is 7.81. The first-order valence-electron chi connectivity index (χ1n) is 8.14. The van der Waals surface area contributed by atoms with Gasteiger partial charge in [0, 0.05) is 43.5 Å². The summed E-state index contributed by atoms with van der Waals surface area (Å²) in [7, 11) is 0. The van der Waals surface area contributed by atoms with Crippen molar-refractivity contribution in [1.29, 1.82) is 0 Å². The van der Waals surface area contributed by atoms with Crippen LogP contribution in [0, 0.1) is 0 Å². The third-order valence-electron chi connectivity index (χ3n) is 5.31. The van der Waals surface area contributed by atoms with Crippen molar-refractivity contribution in [3.8, 4) is 0 Å². The lowest BCUT2D eigenvalue weighted by molar-refractivity contribution is -0.116. The van der Waals surface area contributed by atoms with Crippen molar-refractivity contribution >= 4 is 17.3 Å². The van der Waals surface area contributed by atoms with Gasteiger partial charge in [0.1, 0.15) is 0 Å². The smallest absolute Gasteiger partial charge is 0.223 e. The fraction of sp³-hybridized carbons (Fsp3) is 0.588. The van der Waals surface area contributed by atoms with Crippen LogP contribution in [0.1, 0.15) is 31.7 Å². The van der Waals surface area contributed by atoms with Crippen LogP contribution >= 0.6 is 0 Å². The van der Waals surface area contributed by atoms with Crippen LogP contribution in [0.5, 0.6) is 0 Å². The maximum atomic E-state index is 11.6. The Morgan fingerprint density at radius 2 is 2.14 bits per heavy atom. The summed E-state index contributed by atoms with van der Waals surface area (Å²) in [6.07, 6.45) is 4.91. The van der Waals surface area contributed by atoms with E-state index in [1.165, 1.54) is 43.6 Å². The van der Waals surface area contributed by atoms with Crippen molar-refractivity contribution in [2.75, 3.05) is 29.9 Å². The molecule has 0 radical (unpaired) electrons. The van der Waals surface area contributed by atoms with Crippen LogP contribution in [-0.2, 0) is 11.2 Å². The topological polar surface area (TPSA) is 35.6 Å². The molecule has 112 valence electrons. The van der Waals surface area contributed by atoms with Gasteiger partial charge in [0.2, 0.25) is 5.91 Å².